The summed E-state index contributed by atoms with van der Waals surface area (Å²) in [5.74, 6) is 0.706. The highest BCUT2D eigenvalue weighted by Gasteiger charge is 2.29. The fraction of sp³-hybridized carbons (Fsp3) is 0.579. The Bertz CT molecular complexity index is 599. The maximum absolute atomic E-state index is 12.7. The molecule has 0 bridgehead atoms. The van der Waals surface area contributed by atoms with E-state index in [1.165, 1.54) is 6.92 Å². The van der Waals surface area contributed by atoms with Gasteiger partial charge >= 0.3 is 0 Å². The molecule has 1 saturated heterocycles. The van der Waals surface area contributed by atoms with Crippen molar-refractivity contribution in [2.75, 3.05) is 39.3 Å². The highest BCUT2D eigenvalue weighted by atomic mass is 35.5. The molecule has 1 heterocycles. The largest absolute Gasteiger partial charge is 0.492 e. The fourth-order valence-electron chi connectivity index (χ4n) is 2.94. The van der Waals surface area contributed by atoms with E-state index in [0.717, 1.165) is 25.4 Å². The van der Waals surface area contributed by atoms with Crippen LogP contribution in [0.2, 0.25) is 5.02 Å². The molecule has 1 aliphatic rings. The van der Waals surface area contributed by atoms with E-state index >= 15 is 0 Å². The van der Waals surface area contributed by atoms with Gasteiger partial charge in [0.2, 0.25) is 11.8 Å². The average Bonchev–Trinajstić information content (AvgIpc) is 2.61. The first kappa shape index (κ1) is 20.5. The van der Waals surface area contributed by atoms with Gasteiger partial charge in [0.15, 0.2) is 0 Å². The van der Waals surface area contributed by atoms with E-state index in [1.807, 2.05) is 43.0 Å². The van der Waals surface area contributed by atoms with Crippen LogP contribution in [0.3, 0.4) is 0 Å². The van der Waals surface area contributed by atoms with E-state index in [-0.39, 0.29) is 17.7 Å². The summed E-state index contributed by atoms with van der Waals surface area (Å²) in [6.07, 6.45) is 0. The van der Waals surface area contributed by atoms with Crippen molar-refractivity contribution in [3.05, 3.63) is 29.3 Å². The van der Waals surface area contributed by atoms with Crippen LogP contribution in [-0.4, -0.2) is 67.0 Å². The molecule has 2 amide bonds. The van der Waals surface area contributed by atoms with Crippen molar-refractivity contribution in [2.24, 2.45) is 5.92 Å². The zero-order valence-corrected chi connectivity index (χ0v) is 16.5. The molecule has 0 aliphatic carbocycles. The topological polar surface area (TPSA) is 61.9 Å². The third-order valence-corrected chi connectivity index (χ3v) is 4.72. The Morgan fingerprint density at radius 3 is 2.31 bits per heavy atom. The van der Waals surface area contributed by atoms with E-state index in [4.69, 9.17) is 16.3 Å². The number of ether oxygens (including phenoxy) is 1. The van der Waals surface area contributed by atoms with Crippen LogP contribution in [0.25, 0.3) is 0 Å². The van der Waals surface area contributed by atoms with Gasteiger partial charge in [-0.05, 0) is 30.2 Å². The summed E-state index contributed by atoms with van der Waals surface area (Å²) in [5, 5.41) is 3.46. The maximum Gasteiger partial charge on any atom is 0.245 e. The van der Waals surface area contributed by atoms with Crippen molar-refractivity contribution >= 4 is 23.4 Å². The quantitative estimate of drug-likeness (QED) is 0.785. The zero-order valence-electron chi connectivity index (χ0n) is 15.7. The number of hydrogen-bond acceptors (Lipinski definition) is 4. The second-order valence-electron chi connectivity index (χ2n) is 6.89. The van der Waals surface area contributed by atoms with E-state index in [1.54, 1.807) is 0 Å². The van der Waals surface area contributed by atoms with Gasteiger partial charge in [0.25, 0.3) is 0 Å². The van der Waals surface area contributed by atoms with Crippen LogP contribution < -0.4 is 10.1 Å². The molecule has 7 heteroatoms. The van der Waals surface area contributed by atoms with Gasteiger partial charge in [-0.3, -0.25) is 14.5 Å². The first-order valence-electron chi connectivity index (χ1n) is 9.03. The van der Waals surface area contributed by atoms with Crippen molar-refractivity contribution < 1.29 is 14.3 Å². The maximum atomic E-state index is 12.7. The molecule has 2 rings (SSSR count). The molecule has 0 saturated carbocycles. The van der Waals surface area contributed by atoms with Gasteiger partial charge in [-0.25, -0.2) is 0 Å². The van der Waals surface area contributed by atoms with Crippen molar-refractivity contribution in [1.29, 1.82) is 0 Å². The van der Waals surface area contributed by atoms with E-state index in [2.05, 4.69) is 10.2 Å². The van der Waals surface area contributed by atoms with Crippen LogP contribution in [0, 0.1) is 5.92 Å². The average molecular weight is 382 g/mol. The predicted molar refractivity (Wildman–Crippen MR) is 102 cm³/mol. The minimum Gasteiger partial charge on any atom is -0.492 e. The van der Waals surface area contributed by atoms with Crippen molar-refractivity contribution in [2.45, 2.75) is 26.8 Å². The van der Waals surface area contributed by atoms with Gasteiger partial charge in [0.1, 0.15) is 18.4 Å². The third-order valence-electron chi connectivity index (χ3n) is 4.47. The van der Waals surface area contributed by atoms with Crippen molar-refractivity contribution in [1.82, 2.24) is 15.1 Å². The van der Waals surface area contributed by atoms with Crippen molar-refractivity contribution in [3.63, 3.8) is 0 Å². The summed E-state index contributed by atoms with van der Waals surface area (Å²) >= 11 is 5.86. The Morgan fingerprint density at radius 2 is 1.77 bits per heavy atom. The van der Waals surface area contributed by atoms with Gasteiger partial charge < -0.3 is 15.0 Å². The number of carbonyl (C=O) groups excluding carboxylic acids is 2. The number of nitrogens with one attached hydrogen (secondary N) is 1. The number of rotatable bonds is 7. The molecular formula is C19H28ClN3O3. The minimum absolute atomic E-state index is 0.00673. The van der Waals surface area contributed by atoms with Crippen LogP contribution in [0.4, 0.5) is 0 Å². The number of amides is 2. The number of carbonyl (C=O) groups is 2. The molecule has 1 fully saturated rings. The van der Waals surface area contributed by atoms with Crippen LogP contribution >= 0.6 is 11.6 Å². The Kier molecular flexibility index (Phi) is 7.72. The summed E-state index contributed by atoms with van der Waals surface area (Å²) in [6, 6.07) is 6.87. The number of hydrogen-bond donors (Lipinski definition) is 1. The molecule has 0 aromatic heterocycles. The van der Waals surface area contributed by atoms with E-state index < -0.39 is 6.04 Å². The molecule has 1 atom stereocenters. The summed E-state index contributed by atoms with van der Waals surface area (Å²) in [4.78, 5) is 28.1. The molecule has 144 valence electrons. The molecule has 1 aromatic carbocycles. The van der Waals surface area contributed by atoms with Gasteiger partial charge in [0, 0.05) is 44.7 Å². The number of nitrogens with zero attached hydrogens (tertiary/aromatic N) is 2. The number of piperazine rings is 1. The molecular weight excluding hydrogens is 354 g/mol. The van der Waals surface area contributed by atoms with Gasteiger partial charge in [-0.1, -0.05) is 25.4 Å². The summed E-state index contributed by atoms with van der Waals surface area (Å²) < 4.78 is 5.72. The van der Waals surface area contributed by atoms with Crippen LogP contribution in [0.1, 0.15) is 20.8 Å². The second kappa shape index (κ2) is 9.78. The SMILES string of the molecule is CC(=O)N[C@H](C(=O)N1CCN(CCOc2ccc(Cl)cc2)CC1)C(C)C. The standard InChI is InChI=1S/C19H28ClN3O3/c1-14(2)18(21-15(3)24)19(25)23-10-8-22(9-11-23)12-13-26-17-6-4-16(20)5-7-17/h4-7,14,18H,8-13H2,1-3H3,(H,21,24)/t18-/m0/s1. The van der Waals surface area contributed by atoms with E-state index in [9.17, 15) is 9.59 Å². The lowest BCUT2D eigenvalue weighted by Crippen LogP contribution is -2.56. The lowest BCUT2D eigenvalue weighted by Gasteiger charge is -2.37. The van der Waals surface area contributed by atoms with Crippen LogP contribution in [0.15, 0.2) is 24.3 Å². The fourth-order valence-corrected chi connectivity index (χ4v) is 3.07. The molecule has 1 aromatic rings. The van der Waals surface area contributed by atoms with Crippen LogP contribution in [0.5, 0.6) is 5.75 Å². The first-order chi connectivity index (χ1) is 12.4. The normalized spacial score (nSPS) is 16.4. The second-order valence-corrected chi connectivity index (χ2v) is 7.33. The Balaban J connectivity index is 1.74. The summed E-state index contributed by atoms with van der Waals surface area (Å²) in [7, 11) is 0. The number of halogens is 1. The molecule has 1 N–H and O–H groups in total. The van der Waals surface area contributed by atoms with Gasteiger partial charge in [-0.2, -0.15) is 0 Å². The van der Waals surface area contributed by atoms with Gasteiger partial charge in [-0.15, -0.1) is 0 Å². The molecule has 1 aliphatic heterocycles. The molecule has 6 nitrogen and oxygen atoms in total. The summed E-state index contributed by atoms with van der Waals surface area (Å²) in [6.45, 7) is 9.69. The number of benzene rings is 1. The highest BCUT2D eigenvalue weighted by Crippen LogP contribution is 2.15. The van der Waals surface area contributed by atoms with Gasteiger partial charge in [0.05, 0.1) is 0 Å². The minimum atomic E-state index is -0.452. The molecule has 0 unspecified atom stereocenters. The molecule has 0 radical (unpaired) electrons. The van der Waals surface area contributed by atoms with Crippen LogP contribution in [-0.2, 0) is 9.59 Å². The lowest BCUT2D eigenvalue weighted by atomic mass is 10.0. The first-order valence-corrected chi connectivity index (χ1v) is 9.41. The molecule has 26 heavy (non-hydrogen) atoms. The smallest absolute Gasteiger partial charge is 0.245 e. The monoisotopic (exact) mass is 381 g/mol. The Labute approximate surface area is 160 Å². The molecule has 0 spiro atoms. The van der Waals surface area contributed by atoms with Crippen molar-refractivity contribution in [3.8, 4) is 5.75 Å². The Hall–Kier alpha value is -1.79. The third kappa shape index (κ3) is 6.18. The predicted octanol–water partition coefficient (Wildman–Crippen LogP) is 2.02. The Morgan fingerprint density at radius 1 is 1.15 bits per heavy atom. The lowest BCUT2D eigenvalue weighted by molar-refractivity contribution is -0.138. The highest BCUT2D eigenvalue weighted by molar-refractivity contribution is 6.30. The zero-order chi connectivity index (χ0) is 19.1. The summed E-state index contributed by atoms with van der Waals surface area (Å²) in [5.41, 5.74) is 0. The van der Waals surface area contributed by atoms with E-state index in [0.29, 0.717) is 24.7 Å².